The number of allylic oxidation sites excluding steroid dienone is 2. The van der Waals surface area contributed by atoms with Crippen LogP contribution in [0.4, 0.5) is 0 Å². The van der Waals surface area contributed by atoms with E-state index in [1.807, 2.05) is 60.0 Å². The van der Waals surface area contributed by atoms with Gasteiger partial charge in [-0.3, -0.25) is 9.36 Å². The van der Waals surface area contributed by atoms with Gasteiger partial charge in [-0.05, 0) is 30.0 Å². The lowest BCUT2D eigenvalue weighted by Gasteiger charge is -2.23. The first kappa shape index (κ1) is 21.0. The summed E-state index contributed by atoms with van der Waals surface area (Å²) in [5, 5.41) is 1.93. The van der Waals surface area contributed by atoms with Gasteiger partial charge in [0.15, 0.2) is 4.80 Å². The molecule has 0 bridgehead atoms. The maximum Gasteiger partial charge on any atom is 0.338 e. The van der Waals surface area contributed by atoms with Crippen molar-refractivity contribution in [2.45, 2.75) is 13.0 Å². The summed E-state index contributed by atoms with van der Waals surface area (Å²) in [5.41, 5.74) is 1.80. The number of aromatic nitrogens is 1. The number of hydrogen-bond donors (Lipinski definition) is 0. The highest BCUT2D eigenvalue weighted by Crippen LogP contribution is 2.33. The van der Waals surface area contributed by atoms with E-state index in [4.69, 9.17) is 4.74 Å². The van der Waals surface area contributed by atoms with Gasteiger partial charge in [0.2, 0.25) is 0 Å². The number of nitrogens with zero attached hydrogens (tertiary/aromatic N) is 2. The molecule has 0 fully saturated rings. The first-order valence-electron chi connectivity index (χ1n) is 9.66. The molecule has 1 aliphatic rings. The molecule has 3 aromatic rings. The molecule has 31 heavy (non-hydrogen) atoms. The van der Waals surface area contributed by atoms with Crippen molar-refractivity contribution in [3.05, 3.63) is 108 Å². The van der Waals surface area contributed by atoms with E-state index < -0.39 is 12.0 Å². The smallest absolute Gasteiger partial charge is 0.338 e. The van der Waals surface area contributed by atoms with Crippen molar-refractivity contribution in [1.29, 1.82) is 0 Å². The Bertz CT molecular complexity index is 1340. The number of ether oxygens (including phenoxy) is 1. The molecule has 0 amide bonds. The van der Waals surface area contributed by atoms with Crippen LogP contribution in [0, 0.1) is 0 Å². The standard InChI is InChI=1S/C24H20N2O3S2/c1-3-14-29-23(28)20-16(2)25-24-26(21(20)18-13-8-15-30-18)22(27)19(31-24)12-7-11-17-9-5-4-6-10-17/h3-13,15,21H,1,14H2,2H3/b11-7+,19-12+/t21-/m1/s1. The van der Waals surface area contributed by atoms with Crippen molar-refractivity contribution >= 4 is 40.8 Å². The number of thiophene rings is 1. The Balaban J connectivity index is 1.81. The molecule has 0 saturated carbocycles. The van der Waals surface area contributed by atoms with Crippen molar-refractivity contribution in [3.63, 3.8) is 0 Å². The van der Waals surface area contributed by atoms with Crippen LogP contribution in [0.5, 0.6) is 0 Å². The Labute approximate surface area is 187 Å². The number of thiazole rings is 1. The van der Waals surface area contributed by atoms with Crippen LogP contribution in [-0.2, 0) is 9.53 Å². The van der Waals surface area contributed by atoms with Crippen LogP contribution in [-0.4, -0.2) is 17.1 Å². The summed E-state index contributed by atoms with van der Waals surface area (Å²) in [6, 6.07) is 13.1. The fourth-order valence-electron chi connectivity index (χ4n) is 3.34. The largest absolute Gasteiger partial charge is 0.458 e. The summed E-state index contributed by atoms with van der Waals surface area (Å²) in [6.45, 7) is 5.46. The van der Waals surface area contributed by atoms with Crippen LogP contribution in [0.3, 0.4) is 0 Å². The van der Waals surface area contributed by atoms with Crippen LogP contribution >= 0.6 is 22.7 Å². The Kier molecular flexibility index (Phi) is 6.25. The van der Waals surface area contributed by atoms with Crippen molar-refractivity contribution in [3.8, 4) is 0 Å². The number of carbonyl (C=O) groups is 1. The molecule has 2 aromatic heterocycles. The molecule has 0 unspecified atom stereocenters. The number of rotatable bonds is 6. The van der Waals surface area contributed by atoms with Crippen LogP contribution in [0.15, 0.2) is 87.6 Å². The lowest BCUT2D eigenvalue weighted by molar-refractivity contribution is -0.138. The van der Waals surface area contributed by atoms with Crippen LogP contribution in [0.1, 0.15) is 23.4 Å². The minimum absolute atomic E-state index is 0.0987. The first-order valence-corrected chi connectivity index (χ1v) is 11.4. The van der Waals surface area contributed by atoms with Crippen molar-refractivity contribution in [2.75, 3.05) is 6.61 Å². The first-order chi connectivity index (χ1) is 15.1. The average Bonchev–Trinajstić information content (AvgIpc) is 3.41. The van der Waals surface area contributed by atoms with Gasteiger partial charge in [-0.25, -0.2) is 9.79 Å². The molecule has 0 aliphatic carbocycles. The summed E-state index contributed by atoms with van der Waals surface area (Å²) >= 11 is 2.80. The van der Waals surface area contributed by atoms with Crippen LogP contribution < -0.4 is 14.9 Å². The zero-order valence-corrected chi connectivity index (χ0v) is 18.5. The van der Waals surface area contributed by atoms with Crippen molar-refractivity contribution < 1.29 is 9.53 Å². The topological polar surface area (TPSA) is 60.7 Å². The van der Waals surface area contributed by atoms with E-state index in [1.54, 1.807) is 17.6 Å². The second-order valence-electron chi connectivity index (χ2n) is 6.78. The molecular formula is C24H20N2O3S2. The summed E-state index contributed by atoms with van der Waals surface area (Å²) in [7, 11) is 0. The molecule has 0 saturated heterocycles. The minimum Gasteiger partial charge on any atom is -0.458 e. The van der Waals surface area contributed by atoms with Gasteiger partial charge in [0, 0.05) is 4.88 Å². The molecule has 1 aromatic carbocycles. The van der Waals surface area contributed by atoms with Gasteiger partial charge in [0.05, 0.1) is 15.8 Å². The second kappa shape index (κ2) is 9.24. The third-order valence-corrected chi connectivity index (χ3v) is 6.65. The normalized spacial score (nSPS) is 16.3. The molecular weight excluding hydrogens is 428 g/mol. The van der Waals surface area contributed by atoms with Gasteiger partial charge in [-0.15, -0.1) is 11.3 Å². The lowest BCUT2D eigenvalue weighted by Crippen LogP contribution is -2.39. The van der Waals surface area contributed by atoms with E-state index in [-0.39, 0.29) is 12.2 Å². The summed E-state index contributed by atoms with van der Waals surface area (Å²) in [5.74, 6) is -0.488. The zero-order valence-electron chi connectivity index (χ0n) is 16.9. The molecule has 7 heteroatoms. The minimum atomic E-state index is -0.561. The summed E-state index contributed by atoms with van der Waals surface area (Å²) in [6.07, 6.45) is 7.10. The maximum atomic E-state index is 13.3. The van der Waals surface area contributed by atoms with Crippen molar-refractivity contribution in [1.82, 2.24) is 4.57 Å². The lowest BCUT2D eigenvalue weighted by atomic mass is 10.0. The predicted octanol–water partition coefficient (Wildman–Crippen LogP) is 3.69. The number of benzene rings is 1. The number of esters is 1. The molecule has 1 aliphatic heterocycles. The summed E-state index contributed by atoms with van der Waals surface area (Å²) in [4.78, 5) is 32.1. The molecule has 5 nitrogen and oxygen atoms in total. The maximum absolute atomic E-state index is 13.3. The Hall–Kier alpha value is -3.29. The molecule has 0 radical (unpaired) electrons. The highest BCUT2D eigenvalue weighted by molar-refractivity contribution is 7.10. The molecule has 156 valence electrons. The Morgan fingerprint density at radius 1 is 1.26 bits per heavy atom. The molecule has 1 atom stereocenters. The monoisotopic (exact) mass is 448 g/mol. The van der Waals surface area contributed by atoms with Gasteiger partial charge >= 0.3 is 5.97 Å². The molecule has 0 N–H and O–H groups in total. The Morgan fingerprint density at radius 2 is 2.06 bits per heavy atom. The second-order valence-corrected chi connectivity index (χ2v) is 8.76. The SMILES string of the molecule is C=CCOC(=O)C1=C(C)N=c2s/c(=C/C=C/c3ccccc3)c(=O)n2[C@@H]1c1cccs1. The van der Waals surface area contributed by atoms with Gasteiger partial charge in [-0.2, -0.15) is 0 Å². The van der Waals surface area contributed by atoms with Gasteiger partial charge < -0.3 is 4.74 Å². The van der Waals surface area contributed by atoms with Crippen LogP contribution in [0.25, 0.3) is 12.2 Å². The fraction of sp³-hybridized carbons (Fsp3) is 0.125. The van der Waals surface area contributed by atoms with E-state index in [1.165, 1.54) is 28.7 Å². The predicted molar refractivity (Wildman–Crippen MR) is 126 cm³/mol. The Morgan fingerprint density at radius 3 is 2.77 bits per heavy atom. The number of fused-ring (bicyclic) bond motifs is 1. The van der Waals surface area contributed by atoms with Gasteiger partial charge in [0.25, 0.3) is 5.56 Å². The van der Waals surface area contributed by atoms with E-state index in [9.17, 15) is 9.59 Å². The number of hydrogen-bond acceptors (Lipinski definition) is 6. The quantitative estimate of drug-likeness (QED) is 0.427. The summed E-state index contributed by atoms with van der Waals surface area (Å²) < 4.78 is 7.45. The van der Waals surface area contributed by atoms with E-state index in [0.29, 0.717) is 20.6 Å². The fourth-order valence-corrected chi connectivity index (χ4v) is 5.16. The third kappa shape index (κ3) is 4.28. The average molecular weight is 449 g/mol. The van der Waals surface area contributed by atoms with Gasteiger partial charge in [-0.1, -0.05) is 72.5 Å². The van der Waals surface area contributed by atoms with E-state index in [0.717, 1.165) is 10.4 Å². The van der Waals surface area contributed by atoms with Gasteiger partial charge in [0.1, 0.15) is 12.6 Å². The molecule has 0 spiro atoms. The number of carbonyl (C=O) groups excluding carboxylic acids is 1. The third-order valence-electron chi connectivity index (χ3n) is 4.72. The van der Waals surface area contributed by atoms with Crippen molar-refractivity contribution in [2.24, 2.45) is 4.99 Å². The molecule has 3 heterocycles. The highest BCUT2D eigenvalue weighted by atomic mass is 32.1. The zero-order chi connectivity index (χ0) is 21.8. The van der Waals surface area contributed by atoms with E-state index in [2.05, 4.69) is 11.6 Å². The van der Waals surface area contributed by atoms with Crippen LogP contribution in [0.2, 0.25) is 0 Å². The molecule has 4 rings (SSSR count). The van der Waals surface area contributed by atoms with E-state index >= 15 is 0 Å². The highest BCUT2D eigenvalue weighted by Gasteiger charge is 2.33.